The van der Waals surface area contributed by atoms with Crippen LogP contribution in [-0.4, -0.2) is 30.3 Å². The van der Waals surface area contributed by atoms with E-state index in [9.17, 15) is 9.90 Å². The lowest BCUT2D eigenvalue weighted by Gasteiger charge is -2.34. The van der Waals surface area contributed by atoms with Gasteiger partial charge in [0.1, 0.15) is 17.1 Å². The van der Waals surface area contributed by atoms with Crippen molar-refractivity contribution in [2.45, 2.75) is 65.6 Å². The fourth-order valence-corrected chi connectivity index (χ4v) is 4.76. The Hall–Kier alpha value is -3.31. The van der Waals surface area contributed by atoms with Crippen LogP contribution in [0.1, 0.15) is 74.0 Å². The minimum atomic E-state index is -0.477. The van der Waals surface area contributed by atoms with E-state index in [0.29, 0.717) is 29.1 Å². The molecule has 0 amide bonds. The molecule has 5 heteroatoms. The molecule has 3 rings (SSSR count). The van der Waals surface area contributed by atoms with Crippen LogP contribution < -0.4 is 14.4 Å². The molecule has 1 N–H and O–H groups in total. The molecule has 0 aliphatic carbocycles. The van der Waals surface area contributed by atoms with E-state index in [1.165, 1.54) is 7.11 Å². The van der Waals surface area contributed by atoms with Gasteiger partial charge in [0.2, 0.25) is 0 Å². The van der Waals surface area contributed by atoms with Gasteiger partial charge in [-0.25, -0.2) is 4.79 Å². The second-order valence-corrected chi connectivity index (χ2v) is 9.27. The summed E-state index contributed by atoms with van der Waals surface area (Å²) >= 11 is 0. The average molecular weight is 476 g/mol. The summed E-state index contributed by atoms with van der Waals surface area (Å²) in [5.41, 5.74) is 4.32. The predicted octanol–water partition coefficient (Wildman–Crippen LogP) is 6.57. The molecule has 0 aliphatic rings. The number of hydrogen-bond donors (Lipinski definition) is 1. The third-order valence-corrected chi connectivity index (χ3v) is 6.25. The molecular formula is C30H37NO4. The monoisotopic (exact) mass is 475 g/mol. The number of anilines is 1. The van der Waals surface area contributed by atoms with Gasteiger partial charge in [0.05, 0.1) is 13.7 Å². The second kappa shape index (κ2) is 11.9. The zero-order valence-electron chi connectivity index (χ0n) is 21.6. The molecule has 0 aliphatic heterocycles. The van der Waals surface area contributed by atoms with E-state index in [1.54, 1.807) is 30.3 Å². The van der Waals surface area contributed by atoms with Crippen LogP contribution in [0.5, 0.6) is 11.5 Å². The van der Waals surface area contributed by atoms with Crippen molar-refractivity contribution in [2.75, 3.05) is 12.0 Å². The summed E-state index contributed by atoms with van der Waals surface area (Å²) in [5, 5.41) is 9.81. The Labute approximate surface area is 209 Å². The zero-order valence-corrected chi connectivity index (χ0v) is 21.6. The van der Waals surface area contributed by atoms with Crippen LogP contribution in [-0.2, 0) is 6.61 Å². The molecule has 5 nitrogen and oxygen atoms in total. The minimum Gasteiger partial charge on any atom is -0.496 e. The Morgan fingerprint density at radius 2 is 1.63 bits per heavy atom. The molecule has 186 valence electrons. The number of carbonyl (C=O) groups excluding carboxylic acids is 1. The van der Waals surface area contributed by atoms with Gasteiger partial charge in [-0.15, -0.1) is 0 Å². The molecule has 0 heterocycles. The molecule has 0 radical (unpaired) electrons. The standard InChI is InChI=1S/C30H37NO4/c1-7-25(23-11-10-12-24(18-23)31(20(2)3)21(4)5)27-17-22(19-32)15-16-29(27)35-30(33)26-13-8-9-14-28(26)34-6/h8-18,20-21,25,32H,7,19H2,1-6H3. The minimum absolute atomic E-state index is 0.0110. The Bertz CT molecular complexity index is 1130. The number of rotatable bonds is 10. The van der Waals surface area contributed by atoms with Crippen LogP contribution >= 0.6 is 0 Å². The maximum atomic E-state index is 13.1. The van der Waals surface area contributed by atoms with Crippen molar-refractivity contribution in [3.63, 3.8) is 0 Å². The highest BCUT2D eigenvalue weighted by molar-refractivity contribution is 5.94. The van der Waals surface area contributed by atoms with E-state index in [-0.39, 0.29) is 12.5 Å². The number of nitrogens with zero attached hydrogens (tertiary/aromatic N) is 1. The molecular weight excluding hydrogens is 438 g/mol. The number of carbonyl (C=O) groups is 1. The van der Waals surface area contributed by atoms with Crippen molar-refractivity contribution in [1.29, 1.82) is 0 Å². The van der Waals surface area contributed by atoms with Gasteiger partial charge >= 0.3 is 5.97 Å². The lowest BCUT2D eigenvalue weighted by Crippen LogP contribution is -2.37. The largest absolute Gasteiger partial charge is 0.496 e. The third kappa shape index (κ3) is 6.04. The Kier molecular flexibility index (Phi) is 8.94. The number of benzene rings is 3. The van der Waals surface area contributed by atoms with Crippen molar-refractivity contribution in [3.05, 3.63) is 89.0 Å². The number of hydrogen-bond acceptors (Lipinski definition) is 5. The molecule has 3 aromatic carbocycles. The SMILES string of the molecule is CCC(c1cccc(N(C(C)C)C(C)C)c1)c1cc(CO)ccc1OC(=O)c1ccccc1OC. The van der Waals surface area contributed by atoms with Crippen LogP contribution in [0.25, 0.3) is 0 Å². The molecule has 35 heavy (non-hydrogen) atoms. The number of methoxy groups -OCH3 is 1. The van der Waals surface area contributed by atoms with Crippen LogP contribution in [0.3, 0.4) is 0 Å². The fraction of sp³-hybridized carbons (Fsp3) is 0.367. The first-order valence-electron chi connectivity index (χ1n) is 12.3. The Morgan fingerprint density at radius 1 is 0.914 bits per heavy atom. The molecule has 1 atom stereocenters. The van der Waals surface area contributed by atoms with Gasteiger partial charge in [0.15, 0.2) is 0 Å². The van der Waals surface area contributed by atoms with E-state index in [2.05, 4.69) is 63.8 Å². The topological polar surface area (TPSA) is 59.0 Å². The van der Waals surface area contributed by atoms with Gasteiger partial charge < -0.3 is 19.5 Å². The summed E-state index contributed by atoms with van der Waals surface area (Å²) in [5.74, 6) is 0.464. The summed E-state index contributed by atoms with van der Waals surface area (Å²) in [7, 11) is 1.53. The Morgan fingerprint density at radius 3 is 2.26 bits per heavy atom. The molecule has 0 saturated carbocycles. The lowest BCUT2D eigenvalue weighted by atomic mass is 9.87. The van der Waals surface area contributed by atoms with Gasteiger partial charge in [0.25, 0.3) is 0 Å². The number of esters is 1. The van der Waals surface area contributed by atoms with Crippen LogP contribution in [0, 0.1) is 0 Å². The van der Waals surface area contributed by atoms with Crippen molar-refractivity contribution in [1.82, 2.24) is 0 Å². The highest BCUT2D eigenvalue weighted by Crippen LogP contribution is 2.37. The quantitative estimate of drug-likeness (QED) is 0.265. The van der Waals surface area contributed by atoms with E-state index in [1.807, 2.05) is 12.1 Å². The summed E-state index contributed by atoms with van der Waals surface area (Å²) < 4.78 is 11.3. The molecule has 3 aromatic rings. The van der Waals surface area contributed by atoms with Crippen LogP contribution in [0.4, 0.5) is 5.69 Å². The maximum absolute atomic E-state index is 13.1. The maximum Gasteiger partial charge on any atom is 0.347 e. The Balaban J connectivity index is 2.04. The van der Waals surface area contributed by atoms with Gasteiger partial charge in [-0.05, 0) is 81.6 Å². The summed E-state index contributed by atoms with van der Waals surface area (Å²) in [6.45, 7) is 10.8. The first-order chi connectivity index (χ1) is 16.8. The van der Waals surface area contributed by atoms with E-state index >= 15 is 0 Å². The third-order valence-electron chi connectivity index (χ3n) is 6.25. The highest BCUT2D eigenvalue weighted by Gasteiger charge is 2.23. The lowest BCUT2D eigenvalue weighted by molar-refractivity contribution is 0.0729. The van der Waals surface area contributed by atoms with Crippen LogP contribution in [0.2, 0.25) is 0 Å². The van der Waals surface area contributed by atoms with E-state index in [4.69, 9.17) is 9.47 Å². The molecule has 1 unspecified atom stereocenters. The van der Waals surface area contributed by atoms with Crippen molar-refractivity contribution in [2.24, 2.45) is 0 Å². The molecule has 0 fully saturated rings. The average Bonchev–Trinajstić information content (AvgIpc) is 2.85. The first-order valence-corrected chi connectivity index (χ1v) is 12.3. The summed E-state index contributed by atoms with van der Waals surface area (Å²) in [6.07, 6.45) is 0.806. The number of ether oxygens (including phenoxy) is 2. The number of aliphatic hydroxyl groups excluding tert-OH is 1. The number of aliphatic hydroxyl groups is 1. The van der Waals surface area contributed by atoms with Gasteiger partial charge in [-0.1, -0.05) is 37.3 Å². The normalized spacial score (nSPS) is 12.0. The van der Waals surface area contributed by atoms with E-state index < -0.39 is 5.97 Å². The molecule has 0 spiro atoms. The van der Waals surface area contributed by atoms with Gasteiger partial charge in [-0.2, -0.15) is 0 Å². The summed E-state index contributed by atoms with van der Waals surface area (Å²) in [6, 6.07) is 21.8. The van der Waals surface area contributed by atoms with Crippen molar-refractivity contribution >= 4 is 11.7 Å². The second-order valence-electron chi connectivity index (χ2n) is 9.27. The number of para-hydroxylation sites is 1. The first kappa shape index (κ1) is 26.3. The molecule has 0 aromatic heterocycles. The zero-order chi connectivity index (χ0) is 25.5. The predicted molar refractivity (Wildman–Crippen MR) is 142 cm³/mol. The summed E-state index contributed by atoms with van der Waals surface area (Å²) in [4.78, 5) is 15.5. The fourth-order valence-electron chi connectivity index (χ4n) is 4.76. The molecule has 0 saturated heterocycles. The molecule has 0 bridgehead atoms. The van der Waals surface area contributed by atoms with Gasteiger partial charge in [-0.3, -0.25) is 0 Å². The van der Waals surface area contributed by atoms with Crippen molar-refractivity contribution < 1.29 is 19.4 Å². The van der Waals surface area contributed by atoms with Gasteiger partial charge in [0, 0.05) is 29.3 Å². The van der Waals surface area contributed by atoms with Crippen molar-refractivity contribution in [3.8, 4) is 11.5 Å². The van der Waals surface area contributed by atoms with Crippen LogP contribution in [0.15, 0.2) is 66.7 Å². The van der Waals surface area contributed by atoms with E-state index in [0.717, 1.165) is 28.8 Å². The smallest absolute Gasteiger partial charge is 0.347 e. The highest BCUT2D eigenvalue weighted by atomic mass is 16.5.